The summed E-state index contributed by atoms with van der Waals surface area (Å²) >= 11 is 0. The van der Waals surface area contributed by atoms with Crippen LogP contribution < -0.4 is 9.64 Å². The fourth-order valence-electron chi connectivity index (χ4n) is 12.9. The number of aliphatic hydroxyl groups is 1. The van der Waals surface area contributed by atoms with E-state index in [9.17, 15) is 9.90 Å². The Morgan fingerprint density at radius 1 is 1.02 bits per heavy atom. The molecular formula is C44H54N4O6. The third-order valence-corrected chi connectivity index (χ3v) is 15.1. The lowest BCUT2D eigenvalue weighted by Crippen LogP contribution is -2.78. The molecule has 2 aromatic carbocycles. The summed E-state index contributed by atoms with van der Waals surface area (Å²) in [5, 5.41) is 14.2. The van der Waals surface area contributed by atoms with E-state index in [0.717, 1.165) is 84.4 Å². The predicted octanol–water partition coefficient (Wildman–Crippen LogP) is 5.46. The van der Waals surface area contributed by atoms with Crippen molar-refractivity contribution >= 4 is 28.5 Å². The topological polar surface area (TPSA) is 108 Å². The Kier molecular flexibility index (Phi) is 8.03. The van der Waals surface area contributed by atoms with Crippen LogP contribution in [0.1, 0.15) is 68.8 Å². The van der Waals surface area contributed by atoms with Crippen LogP contribution >= 0.6 is 0 Å². The molecule has 0 amide bonds. The van der Waals surface area contributed by atoms with Crippen LogP contribution in [-0.2, 0) is 36.4 Å². The summed E-state index contributed by atoms with van der Waals surface area (Å²) in [4.78, 5) is 40.3. The first kappa shape index (κ1) is 35.6. The Morgan fingerprint density at radius 2 is 1.80 bits per heavy atom. The molecule has 6 heterocycles. The highest BCUT2D eigenvalue weighted by Gasteiger charge is 2.78. The van der Waals surface area contributed by atoms with Gasteiger partial charge in [-0.1, -0.05) is 62.8 Å². The van der Waals surface area contributed by atoms with E-state index in [-0.39, 0.29) is 17.9 Å². The molecule has 54 heavy (non-hydrogen) atoms. The van der Waals surface area contributed by atoms with E-state index >= 15 is 4.79 Å². The predicted molar refractivity (Wildman–Crippen MR) is 208 cm³/mol. The summed E-state index contributed by atoms with van der Waals surface area (Å²) in [6.07, 6.45) is 9.82. The fraction of sp³-hybridized carbons (Fsp3) is 0.545. The number of aromatic nitrogens is 1. The summed E-state index contributed by atoms with van der Waals surface area (Å²) in [5.74, 6) is -0.718. The Bertz CT molecular complexity index is 2120. The van der Waals surface area contributed by atoms with Crippen LogP contribution in [0.3, 0.4) is 0 Å². The van der Waals surface area contributed by atoms with E-state index in [2.05, 4.69) is 82.1 Å². The van der Waals surface area contributed by atoms with Gasteiger partial charge in [-0.2, -0.15) is 0 Å². The van der Waals surface area contributed by atoms with Gasteiger partial charge in [0.2, 0.25) is 0 Å². The molecule has 9 rings (SSSR count). The number of nitrogens with one attached hydrogen (secondary N) is 1. The molecule has 1 saturated carbocycles. The van der Waals surface area contributed by atoms with Gasteiger partial charge in [-0.05, 0) is 61.4 Å². The van der Waals surface area contributed by atoms with Crippen molar-refractivity contribution in [3.63, 3.8) is 0 Å². The van der Waals surface area contributed by atoms with Crippen molar-refractivity contribution in [2.24, 2.45) is 17.3 Å². The minimum absolute atomic E-state index is 0.00636. The highest BCUT2D eigenvalue weighted by Crippen LogP contribution is 2.69. The first-order valence-electron chi connectivity index (χ1n) is 19.8. The molecule has 2 unspecified atom stereocenters. The average Bonchev–Trinajstić information content (AvgIpc) is 3.84. The van der Waals surface area contributed by atoms with Crippen molar-refractivity contribution < 1.29 is 28.9 Å². The first-order chi connectivity index (χ1) is 26.0. The van der Waals surface area contributed by atoms with Gasteiger partial charge in [0.15, 0.2) is 5.60 Å². The monoisotopic (exact) mass is 734 g/mol. The number of benzene rings is 2. The minimum Gasteiger partial charge on any atom is -0.496 e. The molecule has 10 nitrogen and oxygen atoms in total. The van der Waals surface area contributed by atoms with Gasteiger partial charge < -0.3 is 29.2 Å². The molecule has 5 aliphatic heterocycles. The summed E-state index contributed by atoms with van der Waals surface area (Å²) in [5.41, 5.74) is 2.75. The van der Waals surface area contributed by atoms with Gasteiger partial charge in [-0.15, -0.1) is 0 Å². The maximum absolute atomic E-state index is 15.1. The Hall–Kier alpha value is -4.12. The second-order valence-electron chi connectivity index (χ2n) is 16.9. The van der Waals surface area contributed by atoms with Gasteiger partial charge in [0.25, 0.3) is 0 Å². The highest BCUT2D eigenvalue weighted by atomic mass is 16.5. The number of carbonyl (C=O) groups excluding carboxylic acids is 2. The molecule has 10 heteroatoms. The van der Waals surface area contributed by atoms with E-state index in [1.807, 2.05) is 20.0 Å². The lowest BCUT2D eigenvalue weighted by molar-refractivity contribution is -0.197. The van der Waals surface area contributed by atoms with Gasteiger partial charge in [0.1, 0.15) is 11.2 Å². The summed E-state index contributed by atoms with van der Waals surface area (Å²) < 4.78 is 17.8. The zero-order valence-corrected chi connectivity index (χ0v) is 32.7. The minimum atomic E-state index is -1.82. The molecule has 1 saturated heterocycles. The zero-order chi connectivity index (χ0) is 37.9. The van der Waals surface area contributed by atoms with Gasteiger partial charge in [0.05, 0.1) is 27.4 Å². The van der Waals surface area contributed by atoms with Crippen LogP contribution in [0, 0.1) is 17.3 Å². The molecule has 3 aromatic rings. The fourth-order valence-corrected chi connectivity index (χ4v) is 12.9. The number of methoxy groups -OCH3 is 3. The van der Waals surface area contributed by atoms with E-state index < -0.39 is 39.8 Å². The third-order valence-electron chi connectivity index (χ3n) is 15.1. The number of hydrogen-bond acceptors (Lipinski definition) is 9. The number of rotatable bonds is 6. The Morgan fingerprint density at radius 3 is 2.52 bits per heavy atom. The molecule has 2 fully saturated rings. The maximum atomic E-state index is 15.1. The number of carbonyl (C=O) groups is 2. The molecule has 0 radical (unpaired) electrons. The van der Waals surface area contributed by atoms with Gasteiger partial charge in [-0.3, -0.25) is 14.6 Å². The largest absolute Gasteiger partial charge is 0.496 e. The quantitative estimate of drug-likeness (QED) is 0.253. The van der Waals surface area contributed by atoms with Gasteiger partial charge >= 0.3 is 11.9 Å². The lowest BCUT2D eigenvalue weighted by Gasteiger charge is -2.64. The van der Waals surface area contributed by atoms with Crippen LogP contribution in [0.2, 0.25) is 0 Å². The summed E-state index contributed by atoms with van der Waals surface area (Å²) in [6, 6.07) is 12.0. The van der Waals surface area contributed by atoms with Crippen molar-refractivity contribution in [3.05, 3.63) is 82.6 Å². The number of aromatic amines is 1. The van der Waals surface area contributed by atoms with Gasteiger partial charge in [-0.25, -0.2) is 4.79 Å². The van der Waals surface area contributed by atoms with Crippen molar-refractivity contribution in [1.82, 2.24) is 14.8 Å². The third kappa shape index (κ3) is 4.22. The second kappa shape index (κ2) is 12.2. The van der Waals surface area contributed by atoms with Crippen molar-refractivity contribution in [2.75, 3.05) is 59.5 Å². The highest BCUT2D eigenvalue weighted by molar-refractivity contribution is 5.95. The number of nitrogens with zero attached hydrogens (tertiary/aromatic N) is 3. The maximum Gasteiger partial charge on any atom is 0.340 e. The van der Waals surface area contributed by atoms with Crippen molar-refractivity contribution in [1.29, 1.82) is 0 Å². The lowest BCUT2D eigenvalue weighted by atomic mass is 9.45. The van der Waals surface area contributed by atoms with Crippen LogP contribution in [0.15, 0.2) is 60.2 Å². The number of para-hydroxylation sites is 1. The zero-order valence-electron chi connectivity index (χ0n) is 32.7. The molecule has 2 N–H and O–H groups in total. The first-order valence-corrected chi connectivity index (χ1v) is 19.8. The average molecular weight is 735 g/mol. The van der Waals surface area contributed by atoms with E-state index in [0.29, 0.717) is 18.7 Å². The van der Waals surface area contributed by atoms with Crippen LogP contribution in [-0.4, -0.2) is 104 Å². The van der Waals surface area contributed by atoms with Gasteiger partial charge in [0, 0.05) is 89.9 Å². The number of ether oxygens (including phenoxy) is 3. The molecule has 286 valence electrons. The van der Waals surface area contributed by atoms with Crippen molar-refractivity contribution in [2.45, 2.75) is 81.5 Å². The van der Waals surface area contributed by atoms with Crippen molar-refractivity contribution in [3.8, 4) is 5.75 Å². The summed E-state index contributed by atoms with van der Waals surface area (Å²) in [7, 11) is 6.53. The summed E-state index contributed by atoms with van der Waals surface area (Å²) in [6.45, 7) is 10.5. The second-order valence-corrected chi connectivity index (χ2v) is 16.9. The number of esters is 2. The number of likely N-dealkylation sites (N-methyl/N-ethyl adjacent to an activating group) is 1. The number of anilines is 1. The Labute approximate surface area is 318 Å². The molecule has 6 aliphatic rings. The number of H-pyrrole nitrogens is 1. The SMILES string of the molecule is CCC1=C[C@@H]2CN(C1)Cc1c([nH]c3ccccc13)[C@@](C(=O)OC)(c1cc3c(cc1OC)N(C)[C@@H]1C34CCN3CC=C[C@](CC)([C@H]34)[C@@H](C)[C@@]1(O)C(=O)OC)C2. The molecule has 2 bridgehead atoms. The Balaban J connectivity index is 1.37. The smallest absolute Gasteiger partial charge is 0.340 e. The molecule has 1 aliphatic carbocycles. The number of hydrogen-bond donors (Lipinski definition) is 2. The van der Waals surface area contributed by atoms with E-state index in [1.54, 1.807) is 7.11 Å². The normalized spacial score (nSPS) is 36.3. The molecule has 1 aromatic heterocycles. The van der Waals surface area contributed by atoms with Crippen LogP contribution in [0.25, 0.3) is 10.9 Å². The number of fused-ring (bicyclic) bond motifs is 6. The molecule has 9 atom stereocenters. The molecular weight excluding hydrogens is 681 g/mol. The van der Waals surface area contributed by atoms with E-state index in [1.165, 1.54) is 19.8 Å². The van der Waals surface area contributed by atoms with Crippen LogP contribution in [0.5, 0.6) is 5.75 Å². The standard InChI is InChI=1S/C44H54N4O6/c1-8-27-19-28-22-43(39(49)53-6,36-30(25-47(23-27)24-28)29-13-10-11-14-33(29)45-36)32-20-31-34(21-35(32)52-5)46(4)38-42(31)16-18-48-17-12-15-41(9-2,37(42)48)26(3)44(38,51)40(50)54-7/h10-15,19-21,26,28,37-38,45,51H,8-9,16-18,22-25H2,1-7H3/t26-,28+,37+,38-,41+,42?,43+,44+/m1/s1. The van der Waals surface area contributed by atoms with Crippen LogP contribution in [0.4, 0.5) is 5.69 Å². The molecule has 1 spiro atoms. The van der Waals surface area contributed by atoms with E-state index in [4.69, 9.17) is 14.2 Å².